The van der Waals surface area contributed by atoms with Gasteiger partial charge in [0.2, 0.25) is 5.89 Å². The lowest BCUT2D eigenvalue weighted by atomic mass is 10.1. The molecule has 0 bridgehead atoms. The van der Waals surface area contributed by atoms with Crippen molar-refractivity contribution >= 4 is 27.0 Å². The monoisotopic (exact) mass is 360 g/mol. The van der Waals surface area contributed by atoms with Crippen LogP contribution in [0.1, 0.15) is 37.0 Å². The zero-order valence-corrected chi connectivity index (χ0v) is 13.9. The van der Waals surface area contributed by atoms with Gasteiger partial charge in [-0.1, -0.05) is 29.3 Å². The SMILES string of the molecule is CCCCc1ccc(O)c(Cc2nc3cc(Br)ccc3o2)n1. The van der Waals surface area contributed by atoms with E-state index >= 15 is 0 Å². The number of halogens is 1. The van der Waals surface area contributed by atoms with Crippen LogP contribution in [-0.4, -0.2) is 15.1 Å². The van der Waals surface area contributed by atoms with Crippen molar-refractivity contribution in [2.75, 3.05) is 0 Å². The molecule has 0 spiro atoms. The minimum atomic E-state index is 0.184. The summed E-state index contributed by atoms with van der Waals surface area (Å²) in [6, 6.07) is 9.27. The van der Waals surface area contributed by atoms with Crippen LogP contribution in [0.5, 0.6) is 5.75 Å². The summed E-state index contributed by atoms with van der Waals surface area (Å²) in [6.07, 6.45) is 3.52. The van der Waals surface area contributed by atoms with Crippen LogP contribution in [-0.2, 0) is 12.8 Å². The second-order valence-electron chi connectivity index (χ2n) is 5.27. The third-order valence-electron chi connectivity index (χ3n) is 3.51. The van der Waals surface area contributed by atoms with Gasteiger partial charge in [-0.25, -0.2) is 4.98 Å². The molecule has 2 heterocycles. The average molecular weight is 361 g/mol. The Bertz CT molecular complexity index is 798. The molecule has 0 aliphatic rings. The molecule has 0 unspecified atom stereocenters. The van der Waals surface area contributed by atoms with Crippen molar-refractivity contribution in [1.29, 1.82) is 0 Å². The van der Waals surface area contributed by atoms with Crippen molar-refractivity contribution in [2.45, 2.75) is 32.6 Å². The molecule has 0 fully saturated rings. The minimum absolute atomic E-state index is 0.184. The molecule has 0 saturated heterocycles. The predicted molar refractivity (Wildman–Crippen MR) is 89.0 cm³/mol. The molecule has 3 aromatic rings. The first-order chi connectivity index (χ1) is 10.7. The molecule has 114 valence electrons. The number of fused-ring (bicyclic) bond motifs is 1. The van der Waals surface area contributed by atoms with Crippen molar-refractivity contribution in [1.82, 2.24) is 9.97 Å². The second-order valence-corrected chi connectivity index (χ2v) is 6.18. The fourth-order valence-electron chi connectivity index (χ4n) is 2.33. The van der Waals surface area contributed by atoms with E-state index in [0.717, 1.165) is 40.5 Å². The Balaban J connectivity index is 1.87. The number of aromatic nitrogens is 2. The molecule has 1 N–H and O–H groups in total. The Morgan fingerprint density at radius 3 is 2.86 bits per heavy atom. The van der Waals surface area contributed by atoms with Gasteiger partial charge in [-0.2, -0.15) is 0 Å². The zero-order valence-electron chi connectivity index (χ0n) is 12.3. The van der Waals surface area contributed by atoms with Gasteiger partial charge in [0.1, 0.15) is 11.3 Å². The number of hydrogen-bond donors (Lipinski definition) is 1. The van der Waals surface area contributed by atoms with E-state index in [9.17, 15) is 5.11 Å². The Hall–Kier alpha value is -1.88. The summed E-state index contributed by atoms with van der Waals surface area (Å²) in [6.45, 7) is 2.15. The molecule has 22 heavy (non-hydrogen) atoms. The number of pyridine rings is 1. The van der Waals surface area contributed by atoms with Crippen LogP contribution in [0.4, 0.5) is 0 Å². The van der Waals surface area contributed by atoms with Gasteiger partial charge in [0.05, 0.1) is 12.1 Å². The summed E-state index contributed by atoms with van der Waals surface area (Å²) in [5.41, 5.74) is 3.14. The number of hydrogen-bond acceptors (Lipinski definition) is 4. The molecule has 4 nitrogen and oxygen atoms in total. The standard InChI is InChI=1S/C17H17BrN2O2/c1-2-3-4-12-6-7-15(21)13(19-12)10-17-20-14-9-11(18)5-8-16(14)22-17/h5-9,21H,2-4,10H2,1H3. The van der Waals surface area contributed by atoms with Gasteiger partial charge in [0.15, 0.2) is 5.58 Å². The van der Waals surface area contributed by atoms with E-state index in [4.69, 9.17) is 4.42 Å². The molecule has 0 atom stereocenters. The lowest BCUT2D eigenvalue weighted by molar-refractivity contribution is 0.459. The second kappa shape index (κ2) is 6.48. The van der Waals surface area contributed by atoms with E-state index in [1.54, 1.807) is 6.07 Å². The van der Waals surface area contributed by atoms with Crippen molar-refractivity contribution in [3.63, 3.8) is 0 Å². The minimum Gasteiger partial charge on any atom is -0.506 e. The molecular formula is C17H17BrN2O2. The molecule has 2 aromatic heterocycles. The molecule has 0 aliphatic carbocycles. The quantitative estimate of drug-likeness (QED) is 0.720. The van der Waals surface area contributed by atoms with Crippen LogP contribution in [0.3, 0.4) is 0 Å². The van der Waals surface area contributed by atoms with E-state index in [2.05, 4.69) is 32.8 Å². The molecule has 0 amide bonds. The number of nitrogens with zero attached hydrogens (tertiary/aromatic N) is 2. The van der Waals surface area contributed by atoms with Crippen LogP contribution in [0.15, 0.2) is 39.2 Å². The molecule has 0 radical (unpaired) electrons. The normalized spacial score (nSPS) is 11.2. The molecule has 0 aliphatic heterocycles. The maximum atomic E-state index is 10.0. The van der Waals surface area contributed by atoms with Crippen LogP contribution in [0.25, 0.3) is 11.1 Å². The first-order valence-corrected chi connectivity index (χ1v) is 8.17. The highest BCUT2D eigenvalue weighted by Gasteiger charge is 2.11. The van der Waals surface area contributed by atoms with Gasteiger partial charge in [-0.05, 0) is 43.2 Å². The van der Waals surface area contributed by atoms with E-state index < -0.39 is 0 Å². The fourth-order valence-corrected chi connectivity index (χ4v) is 2.68. The summed E-state index contributed by atoms with van der Waals surface area (Å²) in [7, 11) is 0. The Morgan fingerprint density at radius 2 is 2.05 bits per heavy atom. The topological polar surface area (TPSA) is 59.2 Å². The summed E-state index contributed by atoms with van der Waals surface area (Å²) >= 11 is 3.42. The van der Waals surface area contributed by atoms with Gasteiger partial charge >= 0.3 is 0 Å². The molecule has 5 heteroatoms. The van der Waals surface area contributed by atoms with Crippen molar-refractivity contribution in [2.24, 2.45) is 0 Å². The molecule has 0 saturated carbocycles. The predicted octanol–water partition coefficient (Wildman–Crippen LogP) is 4.62. The number of aryl methyl sites for hydroxylation is 1. The lowest BCUT2D eigenvalue weighted by Crippen LogP contribution is -1.98. The van der Waals surface area contributed by atoms with Crippen molar-refractivity contribution < 1.29 is 9.52 Å². The smallest absolute Gasteiger partial charge is 0.201 e. The fraction of sp³-hybridized carbons (Fsp3) is 0.294. The maximum Gasteiger partial charge on any atom is 0.201 e. The number of aromatic hydroxyl groups is 1. The highest BCUT2D eigenvalue weighted by molar-refractivity contribution is 9.10. The Labute approximate surface area is 137 Å². The first kappa shape index (κ1) is 15.0. The Morgan fingerprint density at radius 1 is 1.18 bits per heavy atom. The lowest BCUT2D eigenvalue weighted by Gasteiger charge is -2.05. The van der Waals surface area contributed by atoms with E-state index in [-0.39, 0.29) is 5.75 Å². The Kier molecular flexibility index (Phi) is 4.43. The van der Waals surface area contributed by atoms with Gasteiger partial charge in [-0.15, -0.1) is 0 Å². The van der Waals surface area contributed by atoms with Crippen LogP contribution in [0, 0.1) is 0 Å². The average Bonchev–Trinajstić information content (AvgIpc) is 2.89. The third-order valence-corrected chi connectivity index (χ3v) is 4.00. The molecule has 1 aromatic carbocycles. The van der Waals surface area contributed by atoms with Gasteiger partial charge in [0.25, 0.3) is 0 Å². The number of oxazole rings is 1. The summed E-state index contributed by atoms with van der Waals surface area (Å²) < 4.78 is 6.68. The van der Waals surface area contributed by atoms with Gasteiger partial charge < -0.3 is 9.52 Å². The molecule has 3 rings (SSSR count). The highest BCUT2D eigenvalue weighted by atomic mass is 79.9. The summed E-state index contributed by atoms with van der Waals surface area (Å²) in [5.74, 6) is 0.743. The van der Waals surface area contributed by atoms with Gasteiger partial charge in [0, 0.05) is 10.2 Å². The largest absolute Gasteiger partial charge is 0.506 e. The van der Waals surface area contributed by atoms with Crippen LogP contribution >= 0.6 is 15.9 Å². The first-order valence-electron chi connectivity index (χ1n) is 7.38. The van der Waals surface area contributed by atoms with E-state index in [0.29, 0.717) is 18.0 Å². The number of rotatable bonds is 5. The summed E-state index contributed by atoms with van der Waals surface area (Å²) in [4.78, 5) is 8.99. The van der Waals surface area contributed by atoms with E-state index in [1.807, 2.05) is 24.3 Å². The number of unbranched alkanes of at least 4 members (excludes halogenated alkanes) is 1. The van der Waals surface area contributed by atoms with Gasteiger partial charge in [-0.3, -0.25) is 4.98 Å². The third kappa shape index (κ3) is 3.30. The van der Waals surface area contributed by atoms with E-state index in [1.165, 1.54) is 0 Å². The molecular weight excluding hydrogens is 344 g/mol. The van der Waals surface area contributed by atoms with Crippen LogP contribution < -0.4 is 0 Å². The van der Waals surface area contributed by atoms with Crippen LogP contribution in [0.2, 0.25) is 0 Å². The van der Waals surface area contributed by atoms with Crippen molar-refractivity contribution in [3.05, 3.63) is 52.1 Å². The highest BCUT2D eigenvalue weighted by Crippen LogP contribution is 2.24. The summed E-state index contributed by atoms with van der Waals surface area (Å²) in [5, 5.41) is 10.0. The number of benzene rings is 1. The maximum absolute atomic E-state index is 10.0. The zero-order chi connectivity index (χ0) is 15.5. The van der Waals surface area contributed by atoms with Crippen molar-refractivity contribution in [3.8, 4) is 5.75 Å².